The van der Waals surface area contributed by atoms with Gasteiger partial charge in [-0.15, -0.1) is 0 Å². The van der Waals surface area contributed by atoms with E-state index in [-0.39, 0.29) is 5.78 Å². The Morgan fingerprint density at radius 2 is 1.92 bits per heavy atom. The van der Waals surface area contributed by atoms with Crippen molar-refractivity contribution in [2.24, 2.45) is 0 Å². The van der Waals surface area contributed by atoms with Gasteiger partial charge in [0.2, 0.25) is 0 Å². The van der Waals surface area contributed by atoms with Gasteiger partial charge < -0.3 is 0 Å². The van der Waals surface area contributed by atoms with Crippen LogP contribution >= 0.6 is 0 Å². The maximum absolute atomic E-state index is 10.9. The predicted molar refractivity (Wildman–Crippen MR) is 50.8 cm³/mol. The van der Waals surface area contributed by atoms with E-state index < -0.39 is 0 Å². The van der Waals surface area contributed by atoms with Crippen LogP contribution < -0.4 is 0 Å². The molecule has 61 valence electrons. The second kappa shape index (κ2) is 3.86. The molecule has 0 amide bonds. The van der Waals surface area contributed by atoms with Crippen molar-refractivity contribution in [2.75, 3.05) is 0 Å². The largest absolute Gasteiger partial charge is 0.295 e. The van der Waals surface area contributed by atoms with Crippen molar-refractivity contribution in [3.8, 4) is 0 Å². The number of hydrogen-bond donors (Lipinski definition) is 0. The molecule has 12 heavy (non-hydrogen) atoms. The second-order valence-electron chi connectivity index (χ2n) is 2.58. The third-order valence-electron chi connectivity index (χ3n) is 1.63. The van der Waals surface area contributed by atoms with E-state index in [2.05, 4.69) is 6.92 Å². The van der Waals surface area contributed by atoms with Crippen LogP contribution in [0.25, 0.3) is 6.08 Å². The molecular formula is C11H11O. The molecule has 0 spiro atoms. The highest BCUT2D eigenvalue weighted by molar-refractivity contribution is 5.94. The summed E-state index contributed by atoms with van der Waals surface area (Å²) in [5, 5.41) is 0. The highest BCUT2D eigenvalue weighted by Gasteiger charge is 1.96. The molecule has 0 saturated heterocycles. The van der Waals surface area contributed by atoms with Crippen molar-refractivity contribution in [1.29, 1.82) is 0 Å². The van der Waals surface area contributed by atoms with Gasteiger partial charge in [0.1, 0.15) is 0 Å². The van der Waals surface area contributed by atoms with Crippen LogP contribution in [0.2, 0.25) is 0 Å². The van der Waals surface area contributed by atoms with Crippen molar-refractivity contribution in [1.82, 2.24) is 0 Å². The summed E-state index contributed by atoms with van der Waals surface area (Å²) in [6.45, 7) is 5.15. The quantitative estimate of drug-likeness (QED) is 0.606. The van der Waals surface area contributed by atoms with Gasteiger partial charge in [0.15, 0.2) is 5.78 Å². The minimum atomic E-state index is 0.0974. The lowest BCUT2D eigenvalue weighted by Gasteiger charge is -1.95. The van der Waals surface area contributed by atoms with Gasteiger partial charge in [-0.25, -0.2) is 0 Å². The Labute approximate surface area is 72.7 Å². The molecule has 0 bridgehead atoms. The minimum absolute atomic E-state index is 0.0974. The van der Waals surface area contributed by atoms with Crippen molar-refractivity contribution in [3.05, 3.63) is 48.4 Å². The molecule has 0 aliphatic carbocycles. The first-order valence-corrected chi connectivity index (χ1v) is 3.81. The third kappa shape index (κ3) is 2.06. The molecule has 1 radical (unpaired) electrons. The average molecular weight is 159 g/mol. The summed E-state index contributed by atoms with van der Waals surface area (Å²) >= 11 is 0. The van der Waals surface area contributed by atoms with Gasteiger partial charge >= 0.3 is 0 Å². The fourth-order valence-electron chi connectivity index (χ4n) is 0.965. The van der Waals surface area contributed by atoms with Crippen LogP contribution in [-0.2, 0) is 0 Å². The molecule has 0 heterocycles. The second-order valence-corrected chi connectivity index (χ2v) is 2.58. The normalized spacial score (nSPS) is 10.5. The zero-order valence-electron chi connectivity index (χ0n) is 7.08. The molecule has 0 aliphatic heterocycles. The summed E-state index contributed by atoms with van der Waals surface area (Å²) in [6.07, 6.45) is 3.62. The van der Waals surface area contributed by atoms with Crippen molar-refractivity contribution >= 4 is 11.9 Å². The van der Waals surface area contributed by atoms with Crippen LogP contribution in [0, 0.1) is 6.92 Å². The van der Waals surface area contributed by atoms with E-state index in [0.29, 0.717) is 0 Å². The molecular weight excluding hydrogens is 148 g/mol. The average Bonchev–Trinajstić information content (AvgIpc) is 2.06. The van der Waals surface area contributed by atoms with E-state index in [1.165, 1.54) is 0 Å². The molecule has 1 rings (SSSR count). The van der Waals surface area contributed by atoms with Gasteiger partial charge in [-0.1, -0.05) is 36.4 Å². The van der Waals surface area contributed by atoms with E-state index in [9.17, 15) is 4.79 Å². The number of hydrogen-bond acceptors (Lipinski definition) is 1. The SMILES string of the molecule is [CH2]C=Cc1ccc(C(C)=O)cc1. The molecule has 0 N–H and O–H groups in total. The Balaban J connectivity index is 2.93. The number of rotatable bonds is 2. The highest BCUT2D eigenvalue weighted by Crippen LogP contribution is 2.06. The zero-order chi connectivity index (χ0) is 8.97. The highest BCUT2D eigenvalue weighted by atomic mass is 16.1. The number of carbonyl (C=O) groups excluding carboxylic acids is 1. The molecule has 0 aromatic heterocycles. The minimum Gasteiger partial charge on any atom is -0.295 e. The van der Waals surface area contributed by atoms with E-state index in [1.54, 1.807) is 13.0 Å². The van der Waals surface area contributed by atoms with Gasteiger partial charge in [-0.05, 0) is 19.4 Å². The number of ketones is 1. The van der Waals surface area contributed by atoms with Gasteiger partial charge in [0, 0.05) is 5.56 Å². The fourth-order valence-corrected chi connectivity index (χ4v) is 0.965. The standard InChI is InChI=1S/C11H11O/c1-3-4-10-5-7-11(8-6-10)9(2)12/h3-8H,1H2,2H3. The first kappa shape index (κ1) is 8.72. The summed E-state index contributed by atoms with van der Waals surface area (Å²) < 4.78 is 0. The van der Waals surface area contributed by atoms with Crippen LogP contribution in [0.15, 0.2) is 30.3 Å². The molecule has 0 aliphatic rings. The van der Waals surface area contributed by atoms with Gasteiger partial charge in [-0.3, -0.25) is 4.79 Å². The molecule has 1 nitrogen and oxygen atoms in total. The molecule has 1 aromatic rings. The van der Waals surface area contributed by atoms with E-state index in [0.717, 1.165) is 11.1 Å². The lowest BCUT2D eigenvalue weighted by Crippen LogP contribution is -1.90. The monoisotopic (exact) mass is 159 g/mol. The Kier molecular flexibility index (Phi) is 2.81. The molecule has 0 saturated carbocycles. The van der Waals surface area contributed by atoms with Crippen LogP contribution in [0.5, 0.6) is 0 Å². The Bertz CT molecular complexity index is 293. The van der Waals surface area contributed by atoms with Crippen molar-refractivity contribution in [2.45, 2.75) is 6.92 Å². The zero-order valence-corrected chi connectivity index (χ0v) is 7.08. The third-order valence-corrected chi connectivity index (χ3v) is 1.63. The Hall–Kier alpha value is -1.37. The molecule has 0 unspecified atom stereocenters. The van der Waals surface area contributed by atoms with Crippen molar-refractivity contribution in [3.63, 3.8) is 0 Å². The summed E-state index contributed by atoms with van der Waals surface area (Å²) in [7, 11) is 0. The van der Waals surface area contributed by atoms with Gasteiger partial charge in [0.25, 0.3) is 0 Å². The predicted octanol–water partition coefficient (Wildman–Crippen LogP) is 2.74. The first-order valence-electron chi connectivity index (χ1n) is 3.81. The van der Waals surface area contributed by atoms with Gasteiger partial charge in [-0.2, -0.15) is 0 Å². The maximum Gasteiger partial charge on any atom is 0.159 e. The van der Waals surface area contributed by atoms with Gasteiger partial charge in [0.05, 0.1) is 0 Å². The number of benzene rings is 1. The summed E-state index contributed by atoms with van der Waals surface area (Å²) in [4.78, 5) is 10.9. The lowest BCUT2D eigenvalue weighted by molar-refractivity contribution is 0.101. The molecule has 0 atom stereocenters. The van der Waals surface area contributed by atoms with E-state index in [4.69, 9.17) is 0 Å². The first-order chi connectivity index (χ1) is 5.74. The van der Waals surface area contributed by atoms with Crippen LogP contribution in [0.1, 0.15) is 22.8 Å². The number of carbonyl (C=O) groups is 1. The van der Waals surface area contributed by atoms with E-state index in [1.807, 2.05) is 30.3 Å². The Morgan fingerprint density at radius 1 is 1.33 bits per heavy atom. The fraction of sp³-hybridized carbons (Fsp3) is 0.0909. The number of allylic oxidation sites excluding steroid dienone is 1. The maximum atomic E-state index is 10.9. The Morgan fingerprint density at radius 3 is 2.33 bits per heavy atom. The number of Topliss-reactive ketones (excluding diaryl/α,β-unsaturated/α-hetero) is 1. The molecule has 0 fully saturated rings. The molecule has 1 aromatic carbocycles. The molecule has 1 heteroatoms. The van der Waals surface area contributed by atoms with Crippen LogP contribution in [-0.4, -0.2) is 5.78 Å². The summed E-state index contributed by atoms with van der Waals surface area (Å²) in [6, 6.07) is 7.44. The summed E-state index contributed by atoms with van der Waals surface area (Å²) in [5.74, 6) is 0.0974. The van der Waals surface area contributed by atoms with Crippen LogP contribution in [0.3, 0.4) is 0 Å². The smallest absolute Gasteiger partial charge is 0.159 e. The van der Waals surface area contributed by atoms with Crippen LogP contribution in [0.4, 0.5) is 0 Å². The topological polar surface area (TPSA) is 17.1 Å². The summed E-state index contributed by atoms with van der Waals surface area (Å²) in [5.41, 5.74) is 1.81. The van der Waals surface area contributed by atoms with Crippen molar-refractivity contribution < 1.29 is 4.79 Å². The van der Waals surface area contributed by atoms with E-state index >= 15 is 0 Å². The lowest BCUT2D eigenvalue weighted by atomic mass is 10.1.